The number of hydrogen-bond donors (Lipinski definition) is 4. The number of ether oxygens (including phenoxy) is 1. The molecule has 28 heavy (non-hydrogen) atoms. The fourth-order valence-electron chi connectivity index (χ4n) is 4.79. The number of nitrogens with one attached hydrogen (secondary N) is 1. The zero-order valence-electron chi connectivity index (χ0n) is 16.6. The van der Waals surface area contributed by atoms with Gasteiger partial charge in [-0.1, -0.05) is 19.1 Å². The summed E-state index contributed by atoms with van der Waals surface area (Å²) < 4.78 is 5.56. The van der Waals surface area contributed by atoms with Gasteiger partial charge in [0.1, 0.15) is 11.6 Å². The van der Waals surface area contributed by atoms with Crippen molar-refractivity contribution in [3.05, 3.63) is 46.6 Å². The number of aromatic hydroxyl groups is 1. The highest BCUT2D eigenvalue weighted by atomic mass is 16.5. The molecule has 0 bridgehead atoms. The number of nitrogen functional groups attached to an aromatic ring is 1. The molecule has 5 heteroatoms. The lowest BCUT2D eigenvalue weighted by molar-refractivity contribution is 0.0843. The van der Waals surface area contributed by atoms with Crippen LogP contribution in [0.1, 0.15) is 60.9 Å². The first-order valence-electron chi connectivity index (χ1n) is 10.4. The average Bonchev–Trinajstić information content (AvgIpc) is 2.97. The second-order valence-corrected chi connectivity index (χ2v) is 8.49. The molecule has 0 amide bonds. The van der Waals surface area contributed by atoms with E-state index in [-0.39, 0.29) is 5.75 Å². The zero-order chi connectivity index (χ0) is 19.7. The Morgan fingerprint density at radius 1 is 1.25 bits per heavy atom. The van der Waals surface area contributed by atoms with Crippen LogP contribution in [0.15, 0.2) is 24.3 Å². The normalized spacial score (nSPS) is 23.5. The van der Waals surface area contributed by atoms with Gasteiger partial charge in [-0.05, 0) is 67.7 Å². The lowest BCUT2D eigenvalue weighted by Gasteiger charge is -2.33. The molecule has 2 fully saturated rings. The number of para-hydroxylation sites is 1. The number of phenolic OH excluding ortho intramolecular Hbond substituents is 1. The van der Waals surface area contributed by atoms with Crippen LogP contribution in [-0.2, 0) is 11.2 Å². The third kappa shape index (κ3) is 3.76. The first-order chi connectivity index (χ1) is 13.5. The molecule has 4 rings (SSSR count). The molecule has 0 atom stereocenters. The number of phenols is 1. The average molecular weight is 382 g/mol. The lowest BCUT2D eigenvalue weighted by Crippen LogP contribution is -2.24. The van der Waals surface area contributed by atoms with Crippen molar-refractivity contribution in [3.63, 3.8) is 0 Å². The van der Waals surface area contributed by atoms with Crippen LogP contribution in [0.3, 0.4) is 0 Å². The Balaban J connectivity index is 1.71. The molecule has 1 aromatic carbocycles. The Hall–Kier alpha value is -2.40. The van der Waals surface area contributed by atoms with Crippen LogP contribution in [0.5, 0.6) is 5.75 Å². The summed E-state index contributed by atoms with van der Waals surface area (Å²) in [6.07, 6.45) is 7.55. The number of benzene rings is 1. The second kappa shape index (κ2) is 7.92. The quantitative estimate of drug-likeness (QED) is 0.623. The van der Waals surface area contributed by atoms with E-state index in [0.717, 1.165) is 44.0 Å². The Kier molecular flexibility index (Phi) is 5.36. The summed E-state index contributed by atoms with van der Waals surface area (Å²) >= 11 is 0. The number of nitrogens with two attached hydrogens (primary N) is 2. The van der Waals surface area contributed by atoms with E-state index in [9.17, 15) is 5.11 Å². The highest BCUT2D eigenvalue weighted by molar-refractivity contribution is 5.86. The van der Waals surface area contributed by atoms with Crippen molar-refractivity contribution in [1.82, 2.24) is 4.98 Å². The van der Waals surface area contributed by atoms with Gasteiger partial charge in [-0.2, -0.15) is 0 Å². The molecule has 1 saturated carbocycles. The van der Waals surface area contributed by atoms with E-state index in [4.69, 9.17) is 16.2 Å². The van der Waals surface area contributed by atoms with E-state index in [2.05, 4.69) is 11.9 Å². The van der Waals surface area contributed by atoms with Gasteiger partial charge in [0.2, 0.25) is 0 Å². The van der Waals surface area contributed by atoms with Crippen LogP contribution in [0.2, 0.25) is 0 Å². The predicted octanol–water partition coefficient (Wildman–Crippen LogP) is 4.24. The third-order valence-electron chi connectivity index (χ3n) is 6.32. The van der Waals surface area contributed by atoms with Crippen LogP contribution in [0.25, 0.3) is 11.8 Å². The van der Waals surface area contributed by atoms with Gasteiger partial charge in [-0.15, -0.1) is 0 Å². The molecule has 0 unspecified atom stereocenters. The van der Waals surface area contributed by atoms with E-state index in [1.807, 2.05) is 18.2 Å². The maximum Gasteiger partial charge on any atom is 0.124 e. The summed E-state index contributed by atoms with van der Waals surface area (Å²) in [5.74, 6) is 2.84. The van der Waals surface area contributed by atoms with Gasteiger partial charge in [0.05, 0.1) is 0 Å². The molecule has 5 nitrogen and oxygen atoms in total. The van der Waals surface area contributed by atoms with Crippen molar-refractivity contribution in [2.75, 3.05) is 18.9 Å². The van der Waals surface area contributed by atoms with Gasteiger partial charge in [0, 0.05) is 41.6 Å². The van der Waals surface area contributed by atoms with Crippen LogP contribution in [0, 0.1) is 11.8 Å². The third-order valence-corrected chi connectivity index (χ3v) is 6.32. The number of anilines is 1. The van der Waals surface area contributed by atoms with Crippen molar-refractivity contribution in [3.8, 4) is 5.75 Å². The smallest absolute Gasteiger partial charge is 0.124 e. The van der Waals surface area contributed by atoms with Crippen molar-refractivity contribution in [2.24, 2.45) is 17.6 Å². The van der Waals surface area contributed by atoms with Crippen molar-refractivity contribution in [2.45, 2.75) is 44.9 Å². The second-order valence-electron chi connectivity index (χ2n) is 8.49. The summed E-state index contributed by atoms with van der Waals surface area (Å²) in [6.45, 7) is 3.92. The summed E-state index contributed by atoms with van der Waals surface area (Å²) in [4.78, 5) is 3.48. The van der Waals surface area contributed by atoms with Crippen LogP contribution in [0.4, 0.5) is 5.82 Å². The van der Waals surface area contributed by atoms with E-state index in [1.54, 1.807) is 12.1 Å². The minimum Gasteiger partial charge on any atom is -0.507 e. The van der Waals surface area contributed by atoms with Gasteiger partial charge in [-0.25, -0.2) is 0 Å². The number of aromatic nitrogens is 1. The van der Waals surface area contributed by atoms with Crippen LogP contribution in [-0.4, -0.2) is 23.3 Å². The largest absolute Gasteiger partial charge is 0.507 e. The van der Waals surface area contributed by atoms with Gasteiger partial charge >= 0.3 is 0 Å². The van der Waals surface area contributed by atoms with Crippen molar-refractivity contribution >= 4 is 17.6 Å². The topological polar surface area (TPSA) is 97.3 Å². The highest BCUT2D eigenvalue weighted by Gasteiger charge is 2.30. The lowest BCUT2D eigenvalue weighted by atomic mass is 9.72. The number of rotatable bonds is 5. The summed E-state index contributed by atoms with van der Waals surface area (Å²) in [6, 6.07) is 7.15. The van der Waals surface area contributed by atoms with E-state index in [0.29, 0.717) is 28.9 Å². The maximum absolute atomic E-state index is 10.2. The molecule has 0 spiro atoms. The van der Waals surface area contributed by atoms with E-state index < -0.39 is 0 Å². The number of hydrogen-bond acceptors (Lipinski definition) is 4. The molecule has 2 heterocycles. The molecule has 2 aliphatic rings. The molecule has 1 aliphatic heterocycles. The molecule has 1 aromatic heterocycles. The Morgan fingerprint density at radius 3 is 2.64 bits per heavy atom. The predicted molar refractivity (Wildman–Crippen MR) is 114 cm³/mol. The van der Waals surface area contributed by atoms with Gasteiger partial charge < -0.3 is 26.3 Å². The minimum absolute atomic E-state index is 0.185. The molecule has 6 N–H and O–H groups in total. The number of H-pyrrole nitrogens is 1. The van der Waals surface area contributed by atoms with Gasteiger partial charge in [0.25, 0.3) is 0 Å². The highest BCUT2D eigenvalue weighted by Crippen LogP contribution is 2.41. The molecule has 150 valence electrons. The standard InChI is InChI=1S/C23H31N3O2/c1-14-10-15(11-14)12-18-19(13-20(24)17-4-2-3-5-21(17)27)23(25)26-22(18)16-6-8-28-9-7-16/h2-5,13-16,26-27H,6-12,24-25H2,1H3/b20-13-. The zero-order valence-corrected chi connectivity index (χ0v) is 16.6. The monoisotopic (exact) mass is 381 g/mol. The van der Waals surface area contributed by atoms with Crippen molar-refractivity contribution < 1.29 is 9.84 Å². The Bertz CT molecular complexity index is 859. The fraction of sp³-hybridized carbons (Fsp3) is 0.478. The maximum atomic E-state index is 10.2. The summed E-state index contributed by atoms with van der Waals surface area (Å²) in [5.41, 5.74) is 17.5. The molecule has 0 radical (unpaired) electrons. The Labute approximate surface area is 166 Å². The van der Waals surface area contributed by atoms with Crippen molar-refractivity contribution in [1.29, 1.82) is 0 Å². The van der Waals surface area contributed by atoms with Crippen LogP contribution >= 0.6 is 0 Å². The first-order valence-corrected chi connectivity index (χ1v) is 10.4. The molecular formula is C23H31N3O2. The SMILES string of the molecule is CC1CC(Cc2c(C3CCOCC3)[nH]c(N)c2/C=C(\N)c2ccccc2O)C1. The fourth-order valence-corrected chi connectivity index (χ4v) is 4.79. The number of aromatic amines is 1. The Morgan fingerprint density at radius 2 is 1.96 bits per heavy atom. The minimum atomic E-state index is 0.185. The van der Waals surface area contributed by atoms with E-state index >= 15 is 0 Å². The van der Waals surface area contributed by atoms with Gasteiger partial charge in [0.15, 0.2) is 0 Å². The van der Waals surface area contributed by atoms with E-state index in [1.165, 1.54) is 24.1 Å². The molecule has 1 saturated heterocycles. The van der Waals surface area contributed by atoms with Gasteiger partial charge in [-0.3, -0.25) is 0 Å². The first kappa shape index (κ1) is 18.9. The summed E-state index contributed by atoms with van der Waals surface area (Å²) in [7, 11) is 0. The van der Waals surface area contributed by atoms with Crippen LogP contribution < -0.4 is 11.5 Å². The molecule has 2 aromatic rings. The summed E-state index contributed by atoms with van der Waals surface area (Å²) in [5, 5.41) is 10.2. The molecule has 1 aliphatic carbocycles. The molecular weight excluding hydrogens is 350 g/mol.